The molecule has 0 aromatic carbocycles. The van der Waals surface area contributed by atoms with Gasteiger partial charge in [-0.15, -0.1) is 0 Å². The highest BCUT2D eigenvalue weighted by atomic mass is 15.1. The molecule has 0 aromatic heterocycles. The van der Waals surface area contributed by atoms with Crippen molar-refractivity contribution in [3.8, 4) is 0 Å². The van der Waals surface area contributed by atoms with Crippen LogP contribution < -0.4 is 0 Å². The van der Waals surface area contributed by atoms with Crippen molar-refractivity contribution in [2.75, 3.05) is 20.1 Å². The van der Waals surface area contributed by atoms with Crippen LogP contribution in [0.4, 0.5) is 0 Å². The molecular weight excluding hydrogens is 170 g/mol. The third-order valence-electron chi connectivity index (χ3n) is 2.41. The van der Waals surface area contributed by atoms with Gasteiger partial charge in [-0.2, -0.15) is 0 Å². The number of rotatable bonds is 6. The van der Waals surface area contributed by atoms with Crippen LogP contribution in [0.25, 0.3) is 0 Å². The lowest BCUT2D eigenvalue weighted by Crippen LogP contribution is -2.24. The van der Waals surface area contributed by atoms with Gasteiger partial charge >= 0.3 is 0 Å². The quantitative estimate of drug-likeness (QED) is 0.585. The topological polar surface area (TPSA) is 3.24 Å². The zero-order chi connectivity index (χ0) is 11.0. The molecule has 1 heteroatoms. The van der Waals surface area contributed by atoms with E-state index in [0.29, 0.717) is 5.92 Å². The van der Waals surface area contributed by atoms with Gasteiger partial charge < -0.3 is 4.90 Å². The van der Waals surface area contributed by atoms with Gasteiger partial charge in [0.05, 0.1) is 0 Å². The minimum absolute atomic E-state index is 0.550. The number of allylic oxidation sites excluding steroid dienone is 4. The van der Waals surface area contributed by atoms with Gasteiger partial charge in [0.2, 0.25) is 0 Å². The normalized spacial score (nSPS) is 15.1. The fraction of sp³-hybridized carbons (Fsp3) is 0.538. The number of nitrogens with zero attached hydrogens (tertiary/aromatic N) is 1. The Hall–Kier alpha value is -0.820. The highest BCUT2D eigenvalue weighted by molar-refractivity contribution is 5.24. The van der Waals surface area contributed by atoms with Crippen molar-refractivity contribution in [2.24, 2.45) is 5.92 Å². The van der Waals surface area contributed by atoms with Gasteiger partial charge in [-0.1, -0.05) is 44.7 Å². The zero-order valence-corrected chi connectivity index (χ0v) is 9.96. The molecule has 80 valence electrons. The molecule has 14 heavy (non-hydrogen) atoms. The summed E-state index contributed by atoms with van der Waals surface area (Å²) in [5.74, 6) is 0.550. The van der Waals surface area contributed by atoms with Gasteiger partial charge in [0, 0.05) is 6.54 Å². The van der Waals surface area contributed by atoms with Crippen LogP contribution in [0.1, 0.15) is 20.8 Å². The summed E-state index contributed by atoms with van der Waals surface area (Å²) >= 11 is 0. The SMILES string of the molecule is C=C/C(=C\C=C/C)C(C)CN(C)CC. The molecule has 0 heterocycles. The van der Waals surface area contributed by atoms with Crippen molar-refractivity contribution < 1.29 is 0 Å². The monoisotopic (exact) mass is 193 g/mol. The van der Waals surface area contributed by atoms with Crippen LogP contribution in [-0.4, -0.2) is 25.0 Å². The standard InChI is InChI=1S/C13H23N/c1-6-9-10-13(7-2)12(4)11-14(5)8-3/h6-7,9-10,12H,2,8,11H2,1,3-5H3/b9-6-,13-10+. The minimum atomic E-state index is 0.550. The lowest BCUT2D eigenvalue weighted by molar-refractivity contribution is 0.320. The van der Waals surface area contributed by atoms with Crippen molar-refractivity contribution >= 4 is 0 Å². The van der Waals surface area contributed by atoms with Crippen LogP contribution in [0.5, 0.6) is 0 Å². The molecule has 0 aliphatic carbocycles. The highest BCUT2D eigenvalue weighted by Gasteiger charge is 2.06. The Bertz CT molecular complexity index is 213. The van der Waals surface area contributed by atoms with Crippen LogP contribution in [0.2, 0.25) is 0 Å². The Morgan fingerprint density at radius 2 is 2.14 bits per heavy atom. The first-order valence-electron chi connectivity index (χ1n) is 5.29. The van der Waals surface area contributed by atoms with E-state index in [9.17, 15) is 0 Å². The summed E-state index contributed by atoms with van der Waals surface area (Å²) in [6.07, 6.45) is 8.20. The van der Waals surface area contributed by atoms with Crippen molar-refractivity contribution in [3.63, 3.8) is 0 Å². The fourth-order valence-electron chi connectivity index (χ4n) is 1.34. The first kappa shape index (κ1) is 13.2. The maximum atomic E-state index is 3.85. The molecule has 0 amide bonds. The van der Waals surface area contributed by atoms with E-state index in [1.165, 1.54) is 5.57 Å². The Labute approximate surface area is 88.8 Å². The Morgan fingerprint density at radius 1 is 1.50 bits per heavy atom. The van der Waals surface area contributed by atoms with Crippen molar-refractivity contribution in [1.82, 2.24) is 4.90 Å². The highest BCUT2D eigenvalue weighted by Crippen LogP contribution is 2.12. The summed E-state index contributed by atoms with van der Waals surface area (Å²) in [5, 5.41) is 0. The zero-order valence-electron chi connectivity index (χ0n) is 9.96. The third-order valence-corrected chi connectivity index (χ3v) is 2.41. The second-order valence-corrected chi connectivity index (χ2v) is 3.65. The molecule has 0 rings (SSSR count). The number of hydrogen-bond acceptors (Lipinski definition) is 1. The first-order chi connectivity index (χ1) is 6.65. The van der Waals surface area contributed by atoms with E-state index in [2.05, 4.69) is 44.5 Å². The molecule has 0 saturated heterocycles. The Morgan fingerprint density at radius 3 is 2.57 bits per heavy atom. The summed E-state index contributed by atoms with van der Waals surface area (Å²) in [6, 6.07) is 0. The van der Waals surface area contributed by atoms with E-state index in [0.717, 1.165) is 13.1 Å². The summed E-state index contributed by atoms with van der Waals surface area (Å²) in [7, 11) is 2.15. The van der Waals surface area contributed by atoms with Crippen LogP contribution in [0.15, 0.2) is 36.5 Å². The Kier molecular flexibility index (Phi) is 7.13. The van der Waals surface area contributed by atoms with Crippen molar-refractivity contribution in [1.29, 1.82) is 0 Å². The van der Waals surface area contributed by atoms with Crippen LogP contribution in [-0.2, 0) is 0 Å². The molecule has 0 radical (unpaired) electrons. The van der Waals surface area contributed by atoms with Gasteiger partial charge in [0.1, 0.15) is 0 Å². The lowest BCUT2D eigenvalue weighted by Gasteiger charge is -2.20. The average Bonchev–Trinajstić information content (AvgIpc) is 2.18. The molecule has 0 N–H and O–H groups in total. The van der Waals surface area contributed by atoms with Crippen LogP contribution in [0.3, 0.4) is 0 Å². The summed E-state index contributed by atoms with van der Waals surface area (Å²) in [4.78, 5) is 2.32. The van der Waals surface area contributed by atoms with Crippen LogP contribution in [0, 0.1) is 5.92 Å². The van der Waals surface area contributed by atoms with E-state index in [1.54, 1.807) is 0 Å². The molecule has 1 nitrogen and oxygen atoms in total. The predicted molar refractivity (Wildman–Crippen MR) is 65.4 cm³/mol. The maximum absolute atomic E-state index is 3.85. The van der Waals surface area contributed by atoms with E-state index in [1.807, 2.05) is 19.1 Å². The van der Waals surface area contributed by atoms with E-state index in [-0.39, 0.29) is 0 Å². The first-order valence-corrected chi connectivity index (χ1v) is 5.29. The van der Waals surface area contributed by atoms with E-state index >= 15 is 0 Å². The lowest BCUT2D eigenvalue weighted by atomic mass is 10.00. The molecule has 0 spiro atoms. The fourth-order valence-corrected chi connectivity index (χ4v) is 1.34. The molecule has 1 unspecified atom stereocenters. The summed E-state index contributed by atoms with van der Waals surface area (Å²) in [5.41, 5.74) is 1.31. The molecule has 1 atom stereocenters. The molecular formula is C13H23N. The van der Waals surface area contributed by atoms with Crippen molar-refractivity contribution in [3.05, 3.63) is 36.5 Å². The van der Waals surface area contributed by atoms with E-state index in [4.69, 9.17) is 0 Å². The summed E-state index contributed by atoms with van der Waals surface area (Å²) < 4.78 is 0. The van der Waals surface area contributed by atoms with E-state index < -0.39 is 0 Å². The van der Waals surface area contributed by atoms with Gasteiger partial charge in [-0.3, -0.25) is 0 Å². The third kappa shape index (κ3) is 5.03. The molecule has 0 aliphatic rings. The largest absolute Gasteiger partial charge is 0.306 e. The Balaban J connectivity index is 4.31. The minimum Gasteiger partial charge on any atom is -0.306 e. The number of hydrogen-bond donors (Lipinski definition) is 0. The molecule has 0 saturated carbocycles. The molecule has 0 fully saturated rings. The van der Waals surface area contributed by atoms with Crippen LogP contribution >= 0.6 is 0 Å². The maximum Gasteiger partial charge on any atom is 0.00444 e. The summed E-state index contributed by atoms with van der Waals surface area (Å²) in [6.45, 7) is 12.5. The smallest absolute Gasteiger partial charge is 0.00444 e. The molecule has 0 bridgehead atoms. The predicted octanol–water partition coefficient (Wildman–Crippen LogP) is 3.26. The molecule has 0 aromatic rings. The second kappa shape index (κ2) is 7.57. The van der Waals surface area contributed by atoms with Gasteiger partial charge in [-0.05, 0) is 32.0 Å². The second-order valence-electron chi connectivity index (χ2n) is 3.65. The molecule has 0 aliphatic heterocycles. The van der Waals surface area contributed by atoms with Gasteiger partial charge in [-0.25, -0.2) is 0 Å². The van der Waals surface area contributed by atoms with Crippen molar-refractivity contribution in [2.45, 2.75) is 20.8 Å². The average molecular weight is 193 g/mol. The van der Waals surface area contributed by atoms with Gasteiger partial charge in [0.15, 0.2) is 0 Å². The van der Waals surface area contributed by atoms with Gasteiger partial charge in [0.25, 0.3) is 0 Å².